The Hall–Kier alpha value is -2.25. The third-order valence-electron chi connectivity index (χ3n) is 4.28. The molecule has 1 heterocycles. The van der Waals surface area contributed by atoms with Gasteiger partial charge in [-0.3, -0.25) is 9.52 Å². The number of ether oxygens (including phenoxy) is 1. The molecule has 0 radical (unpaired) electrons. The van der Waals surface area contributed by atoms with Crippen molar-refractivity contribution in [3.05, 3.63) is 47.0 Å². The van der Waals surface area contributed by atoms with Gasteiger partial charge >= 0.3 is 0 Å². The van der Waals surface area contributed by atoms with Crippen LogP contribution in [0, 0.1) is 0 Å². The Kier molecular flexibility index (Phi) is 5.11. The number of rotatable bonds is 5. The Morgan fingerprint density at radius 3 is 2.62 bits per heavy atom. The topological polar surface area (TPSA) is 75.7 Å². The Morgan fingerprint density at radius 2 is 1.96 bits per heavy atom. The summed E-state index contributed by atoms with van der Waals surface area (Å²) in [6.45, 7) is 2.50. The number of methoxy groups -OCH3 is 1. The van der Waals surface area contributed by atoms with Gasteiger partial charge in [0.15, 0.2) is 0 Å². The molecule has 2 aromatic carbocycles. The molecule has 1 aliphatic rings. The second kappa shape index (κ2) is 7.17. The summed E-state index contributed by atoms with van der Waals surface area (Å²) >= 11 is 6.02. The van der Waals surface area contributed by atoms with Crippen LogP contribution >= 0.6 is 11.6 Å². The molecule has 138 valence electrons. The predicted molar refractivity (Wildman–Crippen MR) is 102 cm³/mol. The monoisotopic (exact) mass is 394 g/mol. The van der Waals surface area contributed by atoms with Crippen LogP contribution in [0.15, 0.2) is 41.3 Å². The Morgan fingerprint density at radius 1 is 1.19 bits per heavy atom. The zero-order chi connectivity index (χ0) is 18.9. The number of hydrogen-bond acceptors (Lipinski definition) is 4. The highest BCUT2D eigenvalue weighted by Gasteiger charge is 2.24. The van der Waals surface area contributed by atoms with Gasteiger partial charge < -0.3 is 9.64 Å². The first-order chi connectivity index (χ1) is 12.4. The van der Waals surface area contributed by atoms with E-state index in [1.807, 2.05) is 6.92 Å². The van der Waals surface area contributed by atoms with Crippen LogP contribution in [0.3, 0.4) is 0 Å². The van der Waals surface area contributed by atoms with Crippen LogP contribution in [-0.2, 0) is 21.2 Å². The second-order valence-electron chi connectivity index (χ2n) is 5.88. The number of anilines is 2. The molecule has 0 saturated heterocycles. The number of aryl methyl sites for hydroxylation is 1. The quantitative estimate of drug-likeness (QED) is 0.842. The molecule has 0 saturated carbocycles. The molecule has 0 spiro atoms. The van der Waals surface area contributed by atoms with E-state index in [9.17, 15) is 13.2 Å². The van der Waals surface area contributed by atoms with Gasteiger partial charge in [0.05, 0.1) is 17.0 Å². The third kappa shape index (κ3) is 3.50. The van der Waals surface area contributed by atoms with Crippen LogP contribution in [0.25, 0.3) is 0 Å². The molecule has 8 heteroatoms. The van der Waals surface area contributed by atoms with Gasteiger partial charge in [0.2, 0.25) is 5.91 Å². The highest BCUT2D eigenvalue weighted by atomic mass is 35.5. The summed E-state index contributed by atoms with van der Waals surface area (Å²) in [6, 6.07) is 9.49. The summed E-state index contributed by atoms with van der Waals surface area (Å²) in [5, 5.41) is 0.220. The van der Waals surface area contributed by atoms with Crippen molar-refractivity contribution in [1.82, 2.24) is 0 Å². The molecule has 1 aliphatic heterocycles. The van der Waals surface area contributed by atoms with Crippen LogP contribution in [0.1, 0.15) is 18.9 Å². The highest BCUT2D eigenvalue weighted by molar-refractivity contribution is 7.92. The van der Waals surface area contributed by atoms with E-state index in [-0.39, 0.29) is 15.8 Å². The molecular weight excluding hydrogens is 376 g/mol. The summed E-state index contributed by atoms with van der Waals surface area (Å²) in [5.41, 5.74) is 2.22. The van der Waals surface area contributed by atoms with E-state index in [4.69, 9.17) is 16.3 Å². The number of sulfonamides is 1. The van der Waals surface area contributed by atoms with Crippen molar-refractivity contribution in [2.75, 3.05) is 23.3 Å². The lowest BCUT2D eigenvalue weighted by Gasteiger charge is -2.28. The predicted octanol–water partition coefficient (Wildman–Crippen LogP) is 3.45. The van der Waals surface area contributed by atoms with Gasteiger partial charge in [0.1, 0.15) is 5.75 Å². The van der Waals surface area contributed by atoms with E-state index >= 15 is 0 Å². The van der Waals surface area contributed by atoms with Gasteiger partial charge in [-0.2, -0.15) is 0 Å². The molecular formula is C18H19ClN2O4S. The number of carbonyl (C=O) groups is 1. The van der Waals surface area contributed by atoms with E-state index in [0.29, 0.717) is 30.8 Å². The van der Waals surface area contributed by atoms with Crippen molar-refractivity contribution in [2.45, 2.75) is 24.7 Å². The summed E-state index contributed by atoms with van der Waals surface area (Å²) in [7, 11) is -2.32. The first kappa shape index (κ1) is 18.5. The SMILES string of the molecule is CCN1C(=O)CCc2cc(NS(=O)(=O)c3ccc(OC)c(Cl)c3)ccc21. The lowest BCUT2D eigenvalue weighted by atomic mass is 10.0. The summed E-state index contributed by atoms with van der Waals surface area (Å²) in [4.78, 5) is 13.7. The largest absolute Gasteiger partial charge is 0.495 e. The summed E-state index contributed by atoms with van der Waals surface area (Å²) in [6.07, 6.45) is 1.01. The zero-order valence-electron chi connectivity index (χ0n) is 14.5. The van der Waals surface area contributed by atoms with E-state index in [0.717, 1.165) is 11.3 Å². The first-order valence-corrected chi connectivity index (χ1v) is 10.0. The van der Waals surface area contributed by atoms with Gasteiger partial charge in [-0.15, -0.1) is 0 Å². The van der Waals surface area contributed by atoms with Crippen molar-refractivity contribution >= 4 is 38.9 Å². The summed E-state index contributed by atoms with van der Waals surface area (Å²) in [5.74, 6) is 0.491. The number of halogens is 1. The molecule has 0 aromatic heterocycles. The van der Waals surface area contributed by atoms with Gasteiger partial charge in [0, 0.05) is 24.3 Å². The van der Waals surface area contributed by atoms with E-state index in [1.54, 1.807) is 23.1 Å². The van der Waals surface area contributed by atoms with Crippen LogP contribution < -0.4 is 14.4 Å². The molecule has 0 bridgehead atoms. The maximum atomic E-state index is 12.6. The molecule has 0 aliphatic carbocycles. The van der Waals surface area contributed by atoms with Crippen molar-refractivity contribution in [1.29, 1.82) is 0 Å². The minimum Gasteiger partial charge on any atom is -0.495 e. The van der Waals surface area contributed by atoms with Gasteiger partial charge in [-0.25, -0.2) is 8.42 Å². The Balaban J connectivity index is 1.89. The number of amides is 1. The maximum absolute atomic E-state index is 12.6. The van der Waals surface area contributed by atoms with E-state index < -0.39 is 10.0 Å². The Labute approximate surface area is 157 Å². The zero-order valence-corrected chi connectivity index (χ0v) is 16.0. The van der Waals surface area contributed by atoms with E-state index in [2.05, 4.69) is 4.72 Å². The van der Waals surface area contributed by atoms with Gasteiger partial charge in [-0.05, 0) is 55.3 Å². The van der Waals surface area contributed by atoms with Crippen molar-refractivity contribution in [2.24, 2.45) is 0 Å². The van der Waals surface area contributed by atoms with Gasteiger partial charge in [-0.1, -0.05) is 11.6 Å². The fourth-order valence-corrected chi connectivity index (χ4v) is 4.40. The number of fused-ring (bicyclic) bond motifs is 1. The fourth-order valence-electron chi connectivity index (χ4n) is 3.00. The molecule has 0 unspecified atom stereocenters. The molecule has 1 amide bonds. The number of nitrogens with one attached hydrogen (secondary N) is 1. The van der Waals surface area contributed by atoms with Crippen molar-refractivity contribution in [3.63, 3.8) is 0 Å². The number of nitrogens with zero attached hydrogens (tertiary/aromatic N) is 1. The lowest BCUT2D eigenvalue weighted by Crippen LogP contribution is -2.34. The van der Waals surface area contributed by atoms with Crippen LogP contribution in [-0.4, -0.2) is 28.0 Å². The molecule has 1 N–H and O–H groups in total. The first-order valence-electron chi connectivity index (χ1n) is 8.15. The molecule has 6 nitrogen and oxygen atoms in total. The van der Waals surface area contributed by atoms with Crippen molar-refractivity contribution < 1.29 is 17.9 Å². The normalized spacial score (nSPS) is 14.1. The van der Waals surface area contributed by atoms with E-state index in [1.165, 1.54) is 25.3 Å². The molecule has 0 fully saturated rings. The molecule has 3 rings (SSSR count). The average Bonchev–Trinajstić information content (AvgIpc) is 2.61. The highest BCUT2D eigenvalue weighted by Crippen LogP contribution is 2.32. The Bertz CT molecular complexity index is 960. The minimum absolute atomic E-state index is 0.0476. The van der Waals surface area contributed by atoms with Gasteiger partial charge in [0.25, 0.3) is 10.0 Å². The molecule has 26 heavy (non-hydrogen) atoms. The molecule has 0 atom stereocenters. The minimum atomic E-state index is -3.79. The number of hydrogen-bond donors (Lipinski definition) is 1. The molecule has 2 aromatic rings. The maximum Gasteiger partial charge on any atom is 0.261 e. The number of carbonyl (C=O) groups excluding carboxylic acids is 1. The summed E-state index contributed by atoms with van der Waals surface area (Å²) < 4.78 is 32.8. The van der Waals surface area contributed by atoms with Crippen LogP contribution in [0.4, 0.5) is 11.4 Å². The average molecular weight is 395 g/mol. The standard InChI is InChI=1S/C18H19ClN2O4S/c1-3-21-16-7-5-13(10-12(16)4-9-18(21)22)20-26(23,24)14-6-8-17(25-2)15(19)11-14/h5-8,10-11,20H,3-4,9H2,1-2H3. The van der Waals surface area contributed by atoms with Crippen LogP contribution in [0.2, 0.25) is 5.02 Å². The van der Waals surface area contributed by atoms with Crippen LogP contribution in [0.5, 0.6) is 5.75 Å². The number of benzene rings is 2. The van der Waals surface area contributed by atoms with Crippen molar-refractivity contribution in [3.8, 4) is 5.75 Å². The second-order valence-corrected chi connectivity index (χ2v) is 7.97. The third-order valence-corrected chi connectivity index (χ3v) is 5.96. The fraction of sp³-hybridized carbons (Fsp3) is 0.278. The lowest BCUT2D eigenvalue weighted by molar-refractivity contribution is -0.118. The smallest absolute Gasteiger partial charge is 0.261 e.